The minimum absolute atomic E-state index is 0.0677. The van der Waals surface area contributed by atoms with Crippen molar-refractivity contribution in [3.05, 3.63) is 12.2 Å². The second-order valence-corrected chi connectivity index (χ2v) is 11.6. The second-order valence-electron chi connectivity index (χ2n) is 11.6. The van der Waals surface area contributed by atoms with E-state index in [1.54, 1.807) is 6.08 Å². The van der Waals surface area contributed by atoms with Crippen molar-refractivity contribution < 1.29 is 15.0 Å². The van der Waals surface area contributed by atoms with Gasteiger partial charge in [0, 0.05) is 6.42 Å². The Morgan fingerprint density at radius 3 is 1.37 bits per heavy atom. The smallest absolute Gasteiger partial charge is 0.220 e. The summed E-state index contributed by atoms with van der Waals surface area (Å²) in [7, 11) is 0. The molecule has 0 radical (unpaired) electrons. The quantitative estimate of drug-likeness (QED) is 0.0631. The minimum atomic E-state index is -0.830. The molecule has 0 unspecified atom stereocenters. The standard InChI is InChI=1S/C34H67NO3/c1-3-5-7-9-11-13-14-15-16-17-18-19-20-22-23-25-27-29-33(37)32(31-36)35-34(38)30-28-26-24-21-12-10-8-6-4-2/h27,29,32-33,36-37H,3-26,28,30-31H2,1-2H3,(H,35,38)/b29-27+/t32-,33+/m0/s1. The number of unbranched alkanes of at least 4 members (excludes halogenated alkanes) is 23. The third-order valence-corrected chi connectivity index (χ3v) is 7.77. The van der Waals surface area contributed by atoms with Crippen LogP contribution in [0.5, 0.6) is 0 Å². The Balaban J connectivity index is 3.60. The highest BCUT2D eigenvalue weighted by Crippen LogP contribution is 2.14. The molecule has 0 aliphatic rings. The first-order chi connectivity index (χ1) is 18.7. The third-order valence-electron chi connectivity index (χ3n) is 7.77. The van der Waals surface area contributed by atoms with Crippen molar-refractivity contribution in [1.29, 1.82) is 0 Å². The maximum Gasteiger partial charge on any atom is 0.220 e. The molecule has 0 saturated carbocycles. The van der Waals surface area contributed by atoms with E-state index in [9.17, 15) is 15.0 Å². The van der Waals surface area contributed by atoms with Crippen LogP contribution in [0, 0.1) is 0 Å². The van der Waals surface area contributed by atoms with Gasteiger partial charge in [0.05, 0.1) is 18.8 Å². The Labute approximate surface area is 237 Å². The molecule has 0 aliphatic carbocycles. The van der Waals surface area contributed by atoms with Crippen molar-refractivity contribution in [2.45, 2.75) is 193 Å². The number of aliphatic hydroxyl groups excluding tert-OH is 2. The van der Waals surface area contributed by atoms with Gasteiger partial charge in [0.1, 0.15) is 0 Å². The molecule has 4 nitrogen and oxygen atoms in total. The zero-order valence-corrected chi connectivity index (χ0v) is 25.7. The average Bonchev–Trinajstić information content (AvgIpc) is 2.92. The Kier molecular flexibility index (Phi) is 30.0. The van der Waals surface area contributed by atoms with E-state index in [0.717, 1.165) is 25.7 Å². The predicted molar refractivity (Wildman–Crippen MR) is 166 cm³/mol. The molecule has 38 heavy (non-hydrogen) atoms. The Morgan fingerprint density at radius 2 is 0.974 bits per heavy atom. The second kappa shape index (κ2) is 30.7. The van der Waals surface area contributed by atoms with E-state index in [0.29, 0.717) is 6.42 Å². The van der Waals surface area contributed by atoms with Crippen molar-refractivity contribution in [3.8, 4) is 0 Å². The fourth-order valence-electron chi connectivity index (χ4n) is 5.12. The third kappa shape index (κ3) is 26.7. The van der Waals surface area contributed by atoms with Crippen molar-refractivity contribution in [2.24, 2.45) is 0 Å². The van der Waals surface area contributed by atoms with Crippen LogP contribution in [0.25, 0.3) is 0 Å². The zero-order chi connectivity index (χ0) is 27.9. The molecular weight excluding hydrogens is 470 g/mol. The first kappa shape index (κ1) is 37.1. The summed E-state index contributed by atoms with van der Waals surface area (Å²) in [6, 6.07) is -0.613. The van der Waals surface area contributed by atoms with Gasteiger partial charge in [-0.3, -0.25) is 4.79 Å². The lowest BCUT2D eigenvalue weighted by Gasteiger charge is -2.20. The van der Waals surface area contributed by atoms with Crippen LogP contribution in [-0.2, 0) is 4.79 Å². The van der Waals surface area contributed by atoms with Gasteiger partial charge in [0.2, 0.25) is 5.91 Å². The highest BCUT2D eigenvalue weighted by atomic mass is 16.3. The molecule has 0 saturated heterocycles. The average molecular weight is 538 g/mol. The first-order valence-corrected chi connectivity index (χ1v) is 16.9. The summed E-state index contributed by atoms with van der Waals surface area (Å²) in [6.45, 7) is 4.28. The van der Waals surface area contributed by atoms with Gasteiger partial charge in [-0.25, -0.2) is 0 Å². The van der Waals surface area contributed by atoms with Crippen LogP contribution < -0.4 is 5.32 Å². The van der Waals surface area contributed by atoms with Crippen molar-refractivity contribution in [3.63, 3.8) is 0 Å². The van der Waals surface area contributed by atoms with E-state index in [2.05, 4.69) is 19.2 Å². The van der Waals surface area contributed by atoms with Crippen LogP contribution in [0.15, 0.2) is 12.2 Å². The molecule has 4 heteroatoms. The molecule has 0 rings (SSSR count). The van der Waals surface area contributed by atoms with Crippen molar-refractivity contribution >= 4 is 5.91 Å². The largest absolute Gasteiger partial charge is 0.394 e. The van der Waals surface area contributed by atoms with E-state index in [4.69, 9.17) is 0 Å². The van der Waals surface area contributed by atoms with E-state index >= 15 is 0 Å². The SMILES string of the molecule is CCCCCCCCCCCCCCCCC/C=C/[C@@H](O)[C@H](CO)NC(=O)CCCCCCCCCCC. The lowest BCUT2D eigenvalue weighted by molar-refractivity contribution is -0.123. The van der Waals surface area contributed by atoms with Gasteiger partial charge >= 0.3 is 0 Å². The monoisotopic (exact) mass is 538 g/mol. The zero-order valence-electron chi connectivity index (χ0n) is 25.7. The number of carbonyl (C=O) groups excluding carboxylic acids is 1. The molecule has 226 valence electrons. The summed E-state index contributed by atoms with van der Waals surface area (Å²) in [5.41, 5.74) is 0. The fraction of sp³-hybridized carbons (Fsp3) is 0.912. The topological polar surface area (TPSA) is 69.6 Å². The molecule has 2 atom stereocenters. The first-order valence-electron chi connectivity index (χ1n) is 16.9. The normalized spacial score (nSPS) is 13.3. The van der Waals surface area contributed by atoms with Gasteiger partial charge < -0.3 is 15.5 Å². The summed E-state index contributed by atoms with van der Waals surface area (Å²) >= 11 is 0. The molecule has 0 bridgehead atoms. The van der Waals surface area contributed by atoms with E-state index < -0.39 is 12.1 Å². The number of hydrogen-bond acceptors (Lipinski definition) is 3. The number of allylic oxidation sites excluding steroid dienone is 1. The summed E-state index contributed by atoms with van der Waals surface area (Å²) < 4.78 is 0. The number of hydrogen-bond donors (Lipinski definition) is 3. The van der Waals surface area contributed by atoms with Crippen LogP contribution in [0.1, 0.15) is 181 Å². The molecule has 0 aliphatic heterocycles. The molecule has 0 fully saturated rings. The van der Waals surface area contributed by atoms with Crippen LogP contribution in [0.4, 0.5) is 0 Å². The number of nitrogens with one attached hydrogen (secondary N) is 1. The van der Waals surface area contributed by atoms with Crippen LogP contribution in [0.2, 0.25) is 0 Å². The lowest BCUT2D eigenvalue weighted by Crippen LogP contribution is -2.45. The maximum atomic E-state index is 12.2. The highest BCUT2D eigenvalue weighted by molar-refractivity contribution is 5.76. The highest BCUT2D eigenvalue weighted by Gasteiger charge is 2.17. The van der Waals surface area contributed by atoms with E-state index in [1.807, 2.05) is 6.08 Å². The van der Waals surface area contributed by atoms with Crippen LogP contribution in [-0.4, -0.2) is 34.9 Å². The molecule has 0 aromatic rings. The summed E-state index contributed by atoms with van der Waals surface area (Å²) in [4.78, 5) is 12.2. The van der Waals surface area contributed by atoms with Gasteiger partial charge in [-0.15, -0.1) is 0 Å². The van der Waals surface area contributed by atoms with Gasteiger partial charge in [-0.05, 0) is 19.3 Å². The van der Waals surface area contributed by atoms with Gasteiger partial charge in [-0.1, -0.05) is 167 Å². The molecule has 0 heterocycles. The molecule has 1 amide bonds. The van der Waals surface area contributed by atoms with Gasteiger partial charge in [0.25, 0.3) is 0 Å². The lowest BCUT2D eigenvalue weighted by atomic mass is 10.0. The van der Waals surface area contributed by atoms with Gasteiger partial charge in [-0.2, -0.15) is 0 Å². The number of rotatable bonds is 30. The molecular formula is C34H67NO3. The molecule has 3 N–H and O–H groups in total. The van der Waals surface area contributed by atoms with Crippen LogP contribution >= 0.6 is 0 Å². The Hall–Kier alpha value is -0.870. The van der Waals surface area contributed by atoms with E-state index in [-0.39, 0.29) is 12.5 Å². The summed E-state index contributed by atoms with van der Waals surface area (Å²) in [5.74, 6) is -0.0677. The van der Waals surface area contributed by atoms with Crippen molar-refractivity contribution in [1.82, 2.24) is 5.32 Å². The number of amides is 1. The van der Waals surface area contributed by atoms with Crippen molar-refractivity contribution in [2.75, 3.05) is 6.61 Å². The summed E-state index contributed by atoms with van der Waals surface area (Å²) in [5, 5.41) is 22.8. The minimum Gasteiger partial charge on any atom is -0.394 e. The molecule has 0 aromatic heterocycles. The summed E-state index contributed by atoms with van der Waals surface area (Å²) in [6.07, 6.45) is 35.8. The number of carbonyl (C=O) groups is 1. The fourth-order valence-corrected chi connectivity index (χ4v) is 5.12. The van der Waals surface area contributed by atoms with Gasteiger partial charge in [0.15, 0.2) is 0 Å². The Bertz CT molecular complexity index is 508. The molecule has 0 spiro atoms. The Morgan fingerprint density at radius 1 is 0.605 bits per heavy atom. The maximum absolute atomic E-state index is 12.2. The van der Waals surface area contributed by atoms with E-state index in [1.165, 1.54) is 135 Å². The van der Waals surface area contributed by atoms with Crippen LogP contribution in [0.3, 0.4) is 0 Å². The number of aliphatic hydroxyl groups is 2. The molecule has 0 aromatic carbocycles. The predicted octanol–water partition coefficient (Wildman–Crippen LogP) is 9.56.